The summed E-state index contributed by atoms with van der Waals surface area (Å²) < 4.78 is 5.75. The van der Waals surface area contributed by atoms with E-state index in [1.165, 1.54) is 18.4 Å². The van der Waals surface area contributed by atoms with E-state index in [4.69, 9.17) is 10.5 Å². The Morgan fingerprint density at radius 3 is 2.47 bits per heavy atom. The van der Waals surface area contributed by atoms with E-state index in [-0.39, 0.29) is 5.54 Å². The van der Waals surface area contributed by atoms with E-state index in [2.05, 4.69) is 26.0 Å². The molecule has 17 heavy (non-hydrogen) atoms. The van der Waals surface area contributed by atoms with Crippen molar-refractivity contribution in [2.24, 2.45) is 5.73 Å². The summed E-state index contributed by atoms with van der Waals surface area (Å²) in [6.07, 6.45) is 4.40. The molecule has 0 radical (unpaired) electrons. The van der Waals surface area contributed by atoms with Gasteiger partial charge in [0, 0.05) is 5.54 Å². The molecule has 0 heterocycles. The van der Waals surface area contributed by atoms with Crippen molar-refractivity contribution in [3.8, 4) is 0 Å². The summed E-state index contributed by atoms with van der Waals surface area (Å²) in [6.45, 7) is 5.65. The molecule has 2 nitrogen and oxygen atoms in total. The van der Waals surface area contributed by atoms with E-state index in [1.807, 2.05) is 18.2 Å². The number of nitrogens with two attached hydrogens (primary N) is 1. The second-order valence-electron chi connectivity index (χ2n) is 4.80. The summed E-state index contributed by atoms with van der Waals surface area (Å²) in [5, 5.41) is 0. The van der Waals surface area contributed by atoms with Gasteiger partial charge in [-0.15, -0.1) is 0 Å². The van der Waals surface area contributed by atoms with E-state index >= 15 is 0 Å². The minimum atomic E-state index is -0.148. The molecule has 0 aliphatic rings. The van der Waals surface area contributed by atoms with Crippen LogP contribution in [0.1, 0.15) is 45.1 Å². The molecule has 0 spiro atoms. The van der Waals surface area contributed by atoms with E-state index in [0.717, 1.165) is 12.8 Å². The van der Waals surface area contributed by atoms with Crippen molar-refractivity contribution in [1.82, 2.24) is 0 Å². The fraction of sp³-hybridized carbons (Fsp3) is 0.600. The van der Waals surface area contributed by atoms with E-state index in [0.29, 0.717) is 13.2 Å². The highest BCUT2D eigenvalue weighted by Gasteiger charge is 2.21. The molecule has 0 saturated heterocycles. The van der Waals surface area contributed by atoms with Crippen LogP contribution in [0, 0.1) is 0 Å². The lowest BCUT2D eigenvalue weighted by atomic mass is 9.92. The molecule has 1 aromatic rings. The molecule has 1 rings (SSSR count). The fourth-order valence-electron chi connectivity index (χ4n) is 1.83. The Kier molecular flexibility index (Phi) is 6.23. The Balaban J connectivity index is 2.32. The van der Waals surface area contributed by atoms with Crippen LogP contribution < -0.4 is 5.73 Å². The van der Waals surface area contributed by atoms with Gasteiger partial charge in [-0.1, -0.05) is 57.0 Å². The predicted octanol–water partition coefficient (Wildman–Crippen LogP) is 3.50. The van der Waals surface area contributed by atoms with Gasteiger partial charge in [0.25, 0.3) is 0 Å². The lowest BCUT2D eigenvalue weighted by Gasteiger charge is -2.27. The fourth-order valence-corrected chi connectivity index (χ4v) is 1.83. The molecule has 1 atom stereocenters. The average Bonchev–Trinajstić information content (AvgIpc) is 2.38. The molecule has 0 aromatic heterocycles. The monoisotopic (exact) mass is 235 g/mol. The standard InChI is InChI=1S/C15H25NO/c1-3-5-11-15(16,4-2)13-17-12-14-9-7-6-8-10-14/h6-10H,3-5,11-13,16H2,1-2H3. The van der Waals surface area contributed by atoms with Crippen molar-refractivity contribution in [2.45, 2.75) is 51.7 Å². The first-order valence-electron chi connectivity index (χ1n) is 6.61. The summed E-state index contributed by atoms with van der Waals surface area (Å²) in [5.41, 5.74) is 7.38. The van der Waals surface area contributed by atoms with Crippen LogP contribution in [0.5, 0.6) is 0 Å². The zero-order chi connectivity index (χ0) is 12.6. The van der Waals surface area contributed by atoms with Crippen LogP contribution >= 0.6 is 0 Å². The number of hydrogen-bond acceptors (Lipinski definition) is 2. The van der Waals surface area contributed by atoms with Crippen LogP contribution in [0.3, 0.4) is 0 Å². The van der Waals surface area contributed by atoms with Crippen molar-refractivity contribution in [1.29, 1.82) is 0 Å². The third kappa shape index (κ3) is 5.33. The van der Waals surface area contributed by atoms with Gasteiger partial charge >= 0.3 is 0 Å². The molecule has 0 aliphatic carbocycles. The van der Waals surface area contributed by atoms with Crippen LogP contribution in [0.4, 0.5) is 0 Å². The van der Waals surface area contributed by atoms with Crippen molar-refractivity contribution in [3.63, 3.8) is 0 Å². The molecule has 1 unspecified atom stereocenters. The molecular weight excluding hydrogens is 210 g/mol. The maximum atomic E-state index is 6.32. The number of rotatable bonds is 8. The first-order valence-corrected chi connectivity index (χ1v) is 6.61. The van der Waals surface area contributed by atoms with Gasteiger partial charge < -0.3 is 10.5 Å². The lowest BCUT2D eigenvalue weighted by Crippen LogP contribution is -2.43. The average molecular weight is 235 g/mol. The first kappa shape index (κ1) is 14.2. The number of hydrogen-bond donors (Lipinski definition) is 1. The Hall–Kier alpha value is -0.860. The van der Waals surface area contributed by atoms with Crippen LogP contribution in [0.25, 0.3) is 0 Å². The Labute approximate surface area is 105 Å². The van der Waals surface area contributed by atoms with Crippen LogP contribution in [0.2, 0.25) is 0 Å². The summed E-state index contributed by atoms with van der Waals surface area (Å²) in [6, 6.07) is 10.2. The van der Waals surface area contributed by atoms with Gasteiger partial charge in [-0.2, -0.15) is 0 Å². The van der Waals surface area contributed by atoms with Crippen LogP contribution in [-0.2, 0) is 11.3 Å². The second-order valence-corrected chi connectivity index (χ2v) is 4.80. The van der Waals surface area contributed by atoms with Crippen molar-refractivity contribution in [3.05, 3.63) is 35.9 Å². The zero-order valence-corrected chi connectivity index (χ0v) is 11.1. The highest BCUT2D eigenvalue weighted by molar-refractivity contribution is 5.13. The SMILES string of the molecule is CCCCC(N)(CC)COCc1ccccc1. The number of unbranched alkanes of at least 4 members (excludes halogenated alkanes) is 1. The highest BCUT2D eigenvalue weighted by Crippen LogP contribution is 2.16. The molecule has 1 aromatic carbocycles. The van der Waals surface area contributed by atoms with Gasteiger partial charge in [-0.3, -0.25) is 0 Å². The molecule has 96 valence electrons. The number of ether oxygens (including phenoxy) is 1. The van der Waals surface area contributed by atoms with Crippen molar-refractivity contribution >= 4 is 0 Å². The predicted molar refractivity (Wildman–Crippen MR) is 72.8 cm³/mol. The minimum absolute atomic E-state index is 0.148. The van der Waals surface area contributed by atoms with Crippen LogP contribution in [0.15, 0.2) is 30.3 Å². The third-order valence-corrected chi connectivity index (χ3v) is 3.23. The normalized spacial score (nSPS) is 14.5. The van der Waals surface area contributed by atoms with Crippen molar-refractivity contribution in [2.75, 3.05) is 6.61 Å². The van der Waals surface area contributed by atoms with Gasteiger partial charge in [0.05, 0.1) is 13.2 Å². The minimum Gasteiger partial charge on any atom is -0.375 e. The maximum absolute atomic E-state index is 6.32. The third-order valence-electron chi connectivity index (χ3n) is 3.23. The van der Waals surface area contributed by atoms with Gasteiger partial charge in [0.15, 0.2) is 0 Å². The summed E-state index contributed by atoms with van der Waals surface area (Å²) in [7, 11) is 0. The van der Waals surface area contributed by atoms with Gasteiger partial charge in [-0.05, 0) is 18.4 Å². The summed E-state index contributed by atoms with van der Waals surface area (Å²) in [5.74, 6) is 0. The summed E-state index contributed by atoms with van der Waals surface area (Å²) >= 11 is 0. The molecule has 0 amide bonds. The van der Waals surface area contributed by atoms with Gasteiger partial charge in [0.2, 0.25) is 0 Å². The molecule has 0 bridgehead atoms. The first-order chi connectivity index (χ1) is 8.20. The smallest absolute Gasteiger partial charge is 0.0717 e. The topological polar surface area (TPSA) is 35.2 Å². The van der Waals surface area contributed by atoms with Crippen LogP contribution in [-0.4, -0.2) is 12.1 Å². The van der Waals surface area contributed by atoms with Gasteiger partial charge in [-0.25, -0.2) is 0 Å². The Bertz CT molecular complexity index is 299. The number of benzene rings is 1. The molecule has 2 heteroatoms. The lowest BCUT2D eigenvalue weighted by molar-refractivity contribution is 0.0668. The largest absolute Gasteiger partial charge is 0.375 e. The second kappa shape index (κ2) is 7.46. The zero-order valence-electron chi connectivity index (χ0n) is 11.1. The molecule has 2 N–H and O–H groups in total. The van der Waals surface area contributed by atoms with Crippen molar-refractivity contribution < 1.29 is 4.74 Å². The van der Waals surface area contributed by atoms with E-state index in [1.54, 1.807) is 0 Å². The highest BCUT2D eigenvalue weighted by atomic mass is 16.5. The maximum Gasteiger partial charge on any atom is 0.0717 e. The Morgan fingerprint density at radius 1 is 1.18 bits per heavy atom. The quantitative estimate of drug-likeness (QED) is 0.748. The molecule has 0 aliphatic heterocycles. The molecule has 0 saturated carbocycles. The van der Waals surface area contributed by atoms with Gasteiger partial charge in [0.1, 0.15) is 0 Å². The Morgan fingerprint density at radius 2 is 1.88 bits per heavy atom. The molecular formula is C15H25NO. The summed E-state index contributed by atoms with van der Waals surface area (Å²) in [4.78, 5) is 0. The van der Waals surface area contributed by atoms with E-state index < -0.39 is 0 Å². The van der Waals surface area contributed by atoms with E-state index in [9.17, 15) is 0 Å². The molecule has 0 fully saturated rings.